The fraction of sp³-hybridized carbons (Fsp3) is 0.930. The molecule has 15 heteroatoms. The number of urea groups is 1. The van der Waals surface area contributed by atoms with Gasteiger partial charge in [0.2, 0.25) is 0 Å². The Bertz CT molecular complexity index is 1090. The number of nitrogens with two attached hydrogens (primary N) is 2. The van der Waals surface area contributed by atoms with Crippen molar-refractivity contribution in [1.82, 2.24) is 20.4 Å². The predicted molar refractivity (Wildman–Crippen MR) is 242 cm³/mol. The molecule has 332 valence electrons. The number of carbonyl (C=O) groups is 1. The van der Waals surface area contributed by atoms with Gasteiger partial charge < -0.3 is 31.9 Å². The van der Waals surface area contributed by atoms with Gasteiger partial charge in [0.05, 0.1) is 0 Å². The summed E-state index contributed by atoms with van der Waals surface area (Å²) >= 11 is 0. The molecule has 0 bridgehead atoms. The van der Waals surface area contributed by atoms with E-state index in [1.807, 2.05) is 0 Å². The van der Waals surface area contributed by atoms with Gasteiger partial charge in [0.15, 0.2) is 11.9 Å². The Morgan fingerprint density at radius 2 is 0.776 bits per heavy atom. The number of guanidine groups is 2. The maximum Gasteiger partial charge on any atom is 0.319 e. The molecular weight excluding hydrogens is 729 g/mol. The van der Waals surface area contributed by atoms with E-state index in [0.717, 1.165) is 180 Å². The molecule has 2 aliphatic rings. The van der Waals surface area contributed by atoms with Crippen LogP contribution in [0.5, 0.6) is 0 Å². The zero-order valence-electron chi connectivity index (χ0n) is 36.6. The Hall–Kier alpha value is -3.57. The molecule has 0 spiro atoms. The number of hydrogen-bond acceptors (Lipinski definition) is 5. The molecule has 0 radical (unpaired) electrons. The van der Waals surface area contributed by atoms with Gasteiger partial charge in [0, 0.05) is 75.3 Å². The average Bonchev–Trinajstić information content (AvgIpc) is 4.17. The van der Waals surface area contributed by atoms with Crippen LogP contribution in [0, 0.1) is 11.8 Å². The zero-order chi connectivity index (χ0) is 41.6. The van der Waals surface area contributed by atoms with Crippen molar-refractivity contribution in [3.05, 3.63) is 20.9 Å². The lowest BCUT2D eigenvalue weighted by Crippen LogP contribution is -2.45. The summed E-state index contributed by atoms with van der Waals surface area (Å²) in [6.45, 7) is 7.94. The summed E-state index contributed by atoms with van der Waals surface area (Å²) in [5.74, 6) is 2.69. The van der Waals surface area contributed by atoms with Crippen molar-refractivity contribution in [3.63, 3.8) is 0 Å². The number of nitrogens with one attached hydrogen (secondary N) is 2. The van der Waals surface area contributed by atoms with E-state index in [0.29, 0.717) is 25.0 Å². The monoisotopic (exact) mass is 813 g/mol. The highest BCUT2D eigenvalue weighted by Crippen LogP contribution is 2.29. The molecule has 0 atom stereocenters. The number of rotatable bonds is 40. The van der Waals surface area contributed by atoms with Gasteiger partial charge in [0.25, 0.3) is 0 Å². The number of unbranched alkanes of at least 4 members (excludes halogenated alkanes) is 20. The first-order valence-electron chi connectivity index (χ1n) is 23.7. The molecule has 15 nitrogen and oxygen atoms in total. The van der Waals surface area contributed by atoms with Crippen molar-refractivity contribution in [2.24, 2.45) is 43.5 Å². The summed E-state index contributed by atoms with van der Waals surface area (Å²) in [4.78, 5) is 33.2. The van der Waals surface area contributed by atoms with Crippen LogP contribution < -0.4 is 22.1 Å². The summed E-state index contributed by atoms with van der Waals surface area (Å²) in [5, 5.41) is 13.8. The Balaban J connectivity index is 1.79. The van der Waals surface area contributed by atoms with E-state index in [4.69, 9.17) is 22.5 Å². The molecule has 0 aromatic carbocycles. The highest BCUT2D eigenvalue weighted by Gasteiger charge is 2.22. The first-order valence-corrected chi connectivity index (χ1v) is 23.7. The minimum absolute atomic E-state index is 0.225. The topological polar surface area (TPSA) is 222 Å². The summed E-state index contributed by atoms with van der Waals surface area (Å²) < 4.78 is 0. The lowest BCUT2D eigenvalue weighted by Gasteiger charge is -2.31. The number of azide groups is 2. The average molecular weight is 813 g/mol. The molecular formula is C43H84N14O. The van der Waals surface area contributed by atoms with Crippen molar-refractivity contribution in [3.8, 4) is 0 Å². The van der Waals surface area contributed by atoms with Gasteiger partial charge in [-0.1, -0.05) is 113 Å². The van der Waals surface area contributed by atoms with Crippen molar-refractivity contribution in [2.75, 3.05) is 65.4 Å². The molecule has 0 heterocycles. The molecule has 0 saturated heterocycles. The van der Waals surface area contributed by atoms with Crippen LogP contribution in [0.1, 0.15) is 180 Å². The summed E-state index contributed by atoms with van der Waals surface area (Å²) in [7, 11) is 0. The molecule has 0 aromatic rings. The standard InChI is InChI=1S/C43H84N14O/c44-41(50-37-39-25-26-39)48-29-17-9-1-5-13-21-33-56(35-23-15-7-3-11-19-31-52-54-46)43(58)57(36-24-16-8-4-12-20-32-53-55-47)34-22-14-6-2-10-18-30-49-42(45)51-38-40-27-28-40/h39-40H,1-38H2,(H3,44,48,50)(H3,45,49,51). The number of hydrogen-bond donors (Lipinski definition) is 4. The minimum atomic E-state index is 0.225. The van der Waals surface area contributed by atoms with Crippen molar-refractivity contribution in [1.29, 1.82) is 0 Å². The lowest BCUT2D eigenvalue weighted by molar-refractivity contribution is 0.148. The second-order valence-corrected chi connectivity index (χ2v) is 16.8. The van der Waals surface area contributed by atoms with Gasteiger partial charge in [-0.3, -0.25) is 9.98 Å². The van der Waals surface area contributed by atoms with Gasteiger partial charge in [-0.15, -0.1) is 0 Å². The maximum atomic E-state index is 14.3. The molecule has 0 unspecified atom stereocenters. The fourth-order valence-corrected chi connectivity index (χ4v) is 7.15. The zero-order valence-corrected chi connectivity index (χ0v) is 36.6. The third-order valence-electron chi connectivity index (χ3n) is 11.3. The number of aliphatic imine (C=N–C) groups is 2. The molecule has 2 amide bonds. The Kier molecular flexibility index (Phi) is 31.8. The summed E-state index contributed by atoms with van der Waals surface area (Å²) in [6, 6.07) is 0.225. The van der Waals surface area contributed by atoms with Gasteiger partial charge >= 0.3 is 6.03 Å². The smallest absolute Gasteiger partial charge is 0.319 e. The predicted octanol–water partition coefficient (Wildman–Crippen LogP) is 10.3. The highest BCUT2D eigenvalue weighted by molar-refractivity contribution is 5.78. The molecule has 2 saturated carbocycles. The molecule has 0 aromatic heterocycles. The molecule has 6 N–H and O–H groups in total. The first-order chi connectivity index (χ1) is 28.5. The van der Waals surface area contributed by atoms with Crippen LogP contribution in [0.2, 0.25) is 0 Å². The van der Waals surface area contributed by atoms with E-state index >= 15 is 0 Å². The van der Waals surface area contributed by atoms with Gasteiger partial charge in [-0.25, -0.2) is 4.79 Å². The summed E-state index contributed by atoms with van der Waals surface area (Å²) in [6.07, 6.45) is 31.8. The van der Waals surface area contributed by atoms with Crippen LogP contribution in [-0.2, 0) is 0 Å². The SMILES string of the molecule is [N-]=[N+]=NCCCCCCCCN(CCCCCCCCNC(N)=NCC1CC1)C(=O)N(CCCCCCCCN=[N+]=[N-])CCCCCCCCNC(N)=NCC1CC1. The van der Waals surface area contributed by atoms with E-state index in [-0.39, 0.29) is 6.03 Å². The van der Waals surface area contributed by atoms with Gasteiger partial charge in [0.1, 0.15) is 0 Å². The van der Waals surface area contributed by atoms with Crippen LogP contribution in [0.4, 0.5) is 4.79 Å². The normalized spacial score (nSPS) is 14.1. The molecule has 0 aliphatic heterocycles. The van der Waals surface area contributed by atoms with Crippen LogP contribution in [0.25, 0.3) is 20.9 Å². The van der Waals surface area contributed by atoms with E-state index in [9.17, 15) is 4.79 Å². The van der Waals surface area contributed by atoms with E-state index in [1.54, 1.807) is 0 Å². The lowest BCUT2D eigenvalue weighted by atomic mass is 10.1. The van der Waals surface area contributed by atoms with Crippen LogP contribution in [-0.4, -0.2) is 93.2 Å². The first kappa shape index (κ1) is 50.6. The van der Waals surface area contributed by atoms with Gasteiger partial charge in [-0.05, 0) is 99.9 Å². The fourth-order valence-electron chi connectivity index (χ4n) is 7.15. The van der Waals surface area contributed by atoms with Crippen LogP contribution >= 0.6 is 0 Å². The second-order valence-electron chi connectivity index (χ2n) is 16.8. The Morgan fingerprint density at radius 1 is 0.483 bits per heavy atom. The van der Waals surface area contributed by atoms with Gasteiger partial charge in [-0.2, -0.15) is 0 Å². The van der Waals surface area contributed by atoms with E-state index in [1.165, 1.54) is 64.2 Å². The quantitative estimate of drug-likeness (QED) is 0.0118. The van der Waals surface area contributed by atoms with Crippen molar-refractivity contribution < 1.29 is 4.79 Å². The maximum absolute atomic E-state index is 14.3. The number of nitrogens with zero attached hydrogens (tertiary/aromatic N) is 10. The molecule has 2 aliphatic carbocycles. The molecule has 2 rings (SSSR count). The molecule has 2 fully saturated rings. The van der Waals surface area contributed by atoms with Crippen molar-refractivity contribution in [2.45, 2.75) is 180 Å². The second kappa shape index (κ2) is 36.5. The third-order valence-corrected chi connectivity index (χ3v) is 11.3. The Morgan fingerprint density at radius 3 is 1.09 bits per heavy atom. The summed E-state index contributed by atoms with van der Waals surface area (Å²) in [5.41, 5.74) is 29.0. The molecule has 58 heavy (non-hydrogen) atoms. The van der Waals surface area contributed by atoms with Crippen LogP contribution in [0.3, 0.4) is 0 Å². The number of amides is 2. The number of carbonyl (C=O) groups excluding carboxylic acids is 1. The van der Waals surface area contributed by atoms with E-state index in [2.05, 4.69) is 50.5 Å². The van der Waals surface area contributed by atoms with Crippen molar-refractivity contribution >= 4 is 18.0 Å². The minimum Gasteiger partial charge on any atom is -0.370 e. The Labute approximate surface area is 352 Å². The van der Waals surface area contributed by atoms with E-state index < -0.39 is 0 Å². The largest absolute Gasteiger partial charge is 0.370 e. The third kappa shape index (κ3) is 31.4. The van der Waals surface area contributed by atoms with Crippen LogP contribution in [0.15, 0.2) is 20.2 Å². The highest BCUT2D eigenvalue weighted by atomic mass is 16.2.